The van der Waals surface area contributed by atoms with Crippen LogP contribution in [0.5, 0.6) is 0 Å². The van der Waals surface area contributed by atoms with Crippen molar-refractivity contribution in [1.82, 2.24) is 0 Å². The minimum Gasteiger partial charge on any atom is -3.00 e. The Hall–Kier alpha value is 3.79. The summed E-state index contributed by atoms with van der Waals surface area (Å²) in [4.78, 5) is 0. The van der Waals surface area contributed by atoms with Gasteiger partial charge in [0.05, 0.1) is 0 Å². The first kappa shape index (κ1) is 205. The van der Waals surface area contributed by atoms with Crippen LogP contribution in [-0.4, -0.2) is 5.16 Å². The molecule has 0 rings (SSSR count). The van der Waals surface area contributed by atoms with Crippen molar-refractivity contribution in [3.05, 3.63) is 79.8 Å². The van der Waals surface area contributed by atoms with Gasteiger partial charge in [0.2, 0.25) is 0 Å². The van der Waals surface area contributed by atoms with Crippen LogP contribution in [-0.2, 0) is 217 Å². The van der Waals surface area contributed by atoms with Gasteiger partial charge in [-0.2, -0.15) is 0 Å². The van der Waals surface area contributed by atoms with Gasteiger partial charge in [0.15, 0.2) is 0 Å². The van der Waals surface area contributed by atoms with Gasteiger partial charge in [-0.05, 0) is 0 Å². The monoisotopic (exact) mass is 1710 g/mol. The molecule has 0 saturated heterocycles. The van der Waals surface area contributed by atoms with Crippen LogP contribution in [0.2, 0.25) is 0 Å². The summed E-state index contributed by atoms with van der Waals surface area (Å²) in [5.41, 5.74) is 0. The Balaban J connectivity index is -0.00000000313. The minimum absolute atomic E-state index is 0. The Morgan fingerprint density at radius 3 is 0.325 bits per heavy atom. The van der Waals surface area contributed by atoms with Crippen molar-refractivity contribution in [2.75, 3.05) is 0 Å². The minimum atomic E-state index is 0. The van der Waals surface area contributed by atoms with Crippen LogP contribution in [0.25, 0.3) is 0 Å². The number of hydrogen-bond donors (Lipinski definition) is 0. The van der Waals surface area contributed by atoms with E-state index in [1.54, 1.807) is 0 Å². The van der Waals surface area contributed by atoms with E-state index in [0.717, 1.165) is 0 Å². The molecule has 0 aliphatic carbocycles. The largest absolute Gasteiger partial charge is 3.00 e. The molecule has 0 aromatic rings. The molecule has 24 heteroatoms. The molecule has 0 aromatic heterocycles. The molecule has 0 saturated carbocycles. The summed E-state index contributed by atoms with van der Waals surface area (Å²) in [6, 6.07) is 0. The molecular weight excluding hydrogens is 1690 g/mol. The van der Waals surface area contributed by atoms with Gasteiger partial charge in [-0.25, -0.2) is 0 Å². The maximum Gasteiger partial charge on any atom is 2.00 e. The molecule has 0 aliphatic rings. The fourth-order valence-electron chi connectivity index (χ4n) is 0. The Kier molecular flexibility index (Phi) is 3990. The first-order chi connectivity index (χ1) is 14.0. The van der Waals surface area contributed by atoms with Gasteiger partial charge in [0.1, 0.15) is 0 Å². The summed E-state index contributed by atoms with van der Waals surface area (Å²) < 4.78 is 90.0. The quantitative estimate of drug-likeness (QED) is 0.143. The van der Waals surface area contributed by atoms with E-state index in [-0.39, 0.29) is 196 Å². The second-order valence-electron chi connectivity index (χ2n) is 2.17. The number of hydrogen-bond acceptors (Lipinski definition) is 0. The molecule has 0 bridgehead atoms. The third-order valence-corrected chi connectivity index (χ3v) is 0. The fourth-order valence-corrected chi connectivity index (χ4v) is 0. The maximum atomic E-state index is 7.50. The molecule has 0 N–H and O–H groups in total. The second kappa shape index (κ2) is 779. The summed E-state index contributed by atoms with van der Waals surface area (Å²) in [6.07, 6.45) is 0. The third kappa shape index (κ3) is 4830. The van der Waals surface area contributed by atoms with E-state index in [9.17, 15) is 0 Å². The Bertz CT molecular complexity index is 333. The van der Waals surface area contributed by atoms with E-state index in [0.29, 0.717) is 0 Å². The van der Waals surface area contributed by atoms with Gasteiger partial charge in [0, 0.05) is 20.4 Å². The molecule has 12 nitrogen and oxygen atoms in total. The van der Waals surface area contributed by atoms with Crippen LogP contribution in [0.15, 0.2) is 0 Å². The van der Waals surface area contributed by atoms with Gasteiger partial charge in [-0.3, -0.25) is 0 Å². The SMILES string of the molecule is CC(C)(C)[P-2].[C-]#[O+].[C-]#[O+].[C-]#[O+].[C-]#[O+].[C-]#[O+].[C-]#[O+].[C-]#[O+].[C-]#[O+].[C-]#[O+].[C-]#[O+].[C-]#[O+].[C-]#[O+].[Os+].[Os+].[Os+].[Os+].[P-3].[P-3].[P-3].[Pd+2].[Pd+2].[Pd+2].[Pd]. The number of rotatable bonds is 0. The molecule has 0 aromatic carbocycles. The molecule has 0 aliphatic heterocycles. The molecule has 0 heterocycles. The topological polar surface area (TPSA) is 239 Å². The average Bonchev–Trinajstić information content (AvgIpc) is 2.88. The van der Waals surface area contributed by atoms with E-state index >= 15 is 0 Å². The maximum absolute atomic E-state index is 7.50. The molecular formula is C16H9O12Os4P4Pd4-. The summed E-state index contributed by atoms with van der Waals surface area (Å²) in [6.45, 7) is 60.2. The van der Waals surface area contributed by atoms with Crippen molar-refractivity contribution in [2.24, 2.45) is 0 Å². The van der Waals surface area contributed by atoms with E-state index in [2.05, 4.69) is 110 Å². The van der Waals surface area contributed by atoms with Crippen LogP contribution >= 0.6 is 38.9 Å². The smallest absolute Gasteiger partial charge is 2.00 e. The predicted molar refractivity (Wildman–Crippen MR) is 94.6 cm³/mol. The summed E-state index contributed by atoms with van der Waals surface area (Å²) in [5.74, 6) is 0. The zero-order chi connectivity index (χ0) is 28.5. The average molecular weight is 1700 g/mol. The summed E-state index contributed by atoms with van der Waals surface area (Å²) >= 11 is 0. The van der Waals surface area contributed by atoms with Crippen molar-refractivity contribution in [3.63, 3.8) is 0 Å². The standard InChI is InChI=1S/C4H9P.12CO.4Os.3P.4Pd/c1-4(2,3)5;12*1-2;;;;;;;;;;;/h1-3H3;;;;;;;;;;;;;;;;;;;;;;;/q-2;;;;;;;;;;;;;4*+1;3*-3;;3*+2. The first-order valence-corrected chi connectivity index (χ1v) is 4.62. The molecule has 40 heavy (non-hydrogen) atoms. The third-order valence-electron chi connectivity index (χ3n) is 0. The van der Waals surface area contributed by atoms with Crippen molar-refractivity contribution < 1.29 is 217 Å². The van der Waals surface area contributed by atoms with Crippen molar-refractivity contribution in [3.8, 4) is 0 Å². The van der Waals surface area contributed by atoms with Gasteiger partial charge in [0.25, 0.3) is 0 Å². The molecule has 4 radical (unpaired) electrons. The molecule has 0 unspecified atom stereocenters. The Labute approximate surface area is 356 Å². The Morgan fingerprint density at radius 1 is 0.325 bits per heavy atom. The zero-order valence-corrected chi connectivity index (χ0v) is 38.8. The predicted octanol–water partition coefficient (Wildman–Crippen LogP) is 4.31. The normalized spacial score (nSPS) is 2.10. The molecule has 0 spiro atoms. The van der Waals surface area contributed by atoms with Gasteiger partial charge in [-0.1, -0.05) is 0 Å². The molecule has 0 amide bonds. The molecule has 0 atom stereocenters. The zero-order valence-electron chi connectivity index (χ0n) is 18.9. The van der Waals surface area contributed by atoms with E-state index in [4.69, 9.17) is 55.8 Å². The summed E-state index contributed by atoms with van der Waals surface area (Å²) in [7, 11) is 4.12. The fraction of sp³-hybridized carbons (Fsp3) is 0.250. The Morgan fingerprint density at radius 2 is 0.325 bits per heavy atom. The van der Waals surface area contributed by atoms with E-state index in [1.165, 1.54) is 0 Å². The molecule has 238 valence electrons. The van der Waals surface area contributed by atoms with Crippen molar-refractivity contribution in [1.29, 1.82) is 0 Å². The van der Waals surface area contributed by atoms with Gasteiger partial charge < -0.3 is 44.1 Å². The van der Waals surface area contributed by atoms with Crippen LogP contribution in [0.1, 0.15) is 20.8 Å². The first-order valence-electron chi connectivity index (χ1n) is 4.17. The van der Waals surface area contributed by atoms with Crippen LogP contribution < -0.4 is 0 Å². The van der Waals surface area contributed by atoms with Crippen LogP contribution in [0.4, 0.5) is 0 Å². The second-order valence-corrected chi connectivity index (χ2v) is 3.51. The molecule has 0 fully saturated rings. The van der Waals surface area contributed by atoms with Crippen LogP contribution in [0.3, 0.4) is 0 Å². The van der Waals surface area contributed by atoms with Gasteiger partial charge in [-0.15, -0.1) is 20.8 Å². The van der Waals surface area contributed by atoms with E-state index < -0.39 is 0 Å². The van der Waals surface area contributed by atoms with Crippen molar-refractivity contribution in [2.45, 2.75) is 25.9 Å². The van der Waals surface area contributed by atoms with Crippen LogP contribution in [0, 0.1) is 79.8 Å². The van der Waals surface area contributed by atoms with E-state index in [1.807, 2.05) is 0 Å². The van der Waals surface area contributed by atoms with Gasteiger partial charge >= 0.3 is 276 Å². The van der Waals surface area contributed by atoms with Crippen molar-refractivity contribution >= 4 is 38.9 Å². The summed E-state index contributed by atoms with van der Waals surface area (Å²) in [5, 5.41) is 0.194.